The Bertz CT molecular complexity index is 806. The molecule has 0 aliphatic rings. The van der Waals surface area contributed by atoms with Gasteiger partial charge in [-0.05, 0) is 61.2 Å². The molecule has 2 aromatic rings. The number of hydrogen-bond acceptors (Lipinski definition) is 2. The predicted molar refractivity (Wildman–Crippen MR) is 97.6 cm³/mol. The molecule has 140 valence electrons. The van der Waals surface area contributed by atoms with Gasteiger partial charge in [-0.2, -0.15) is 13.2 Å². The number of ether oxygens (including phenoxy) is 1. The molecule has 0 fully saturated rings. The minimum Gasteiger partial charge on any atom is -0.457 e. The molecule has 0 spiro atoms. The summed E-state index contributed by atoms with van der Waals surface area (Å²) in [4.78, 5) is 1.77. The highest BCUT2D eigenvalue weighted by atomic mass is 35.5. The van der Waals surface area contributed by atoms with Crippen LogP contribution in [-0.2, 0) is 12.6 Å². The summed E-state index contributed by atoms with van der Waals surface area (Å²) >= 11 is 5.64. The molecule has 7 heteroatoms. The monoisotopic (exact) mass is 384 g/mol. The van der Waals surface area contributed by atoms with E-state index in [1.807, 2.05) is 33.0 Å². The number of aryl methyl sites for hydroxylation is 2. The molecule has 0 aliphatic carbocycles. The fourth-order valence-electron chi connectivity index (χ4n) is 2.50. The van der Waals surface area contributed by atoms with Crippen LogP contribution >= 0.6 is 11.6 Å². The van der Waals surface area contributed by atoms with E-state index in [0.29, 0.717) is 12.3 Å². The molecular weight excluding hydrogens is 365 g/mol. The predicted octanol–water partition coefficient (Wildman–Crippen LogP) is 5.85. The molecule has 0 amide bonds. The molecule has 2 aromatic carbocycles. The zero-order valence-corrected chi connectivity index (χ0v) is 15.5. The highest BCUT2D eigenvalue weighted by Crippen LogP contribution is 2.38. The molecule has 26 heavy (non-hydrogen) atoms. The van der Waals surface area contributed by atoms with Gasteiger partial charge in [-0.25, -0.2) is 0 Å². The van der Waals surface area contributed by atoms with E-state index >= 15 is 0 Å². The molecule has 0 radical (unpaired) electrons. The van der Waals surface area contributed by atoms with Crippen LogP contribution in [0.2, 0.25) is 5.02 Å². The van der Waals surface area contributed by atoms with Gasteiger partial charge in [0, 0.05) is 13.6 Å². The first-order chi connectivity index (χ1) is 12.1. The summed E-state index contributed by atoms with van der Waals surface area (Å²) in [5.41, 5.74) is 1.99. The largest absolute Gasteiger partial charge is 0.457 e. The molecule has 0 aromatic heterocycles. The van der Waals surface area contributed by atoms with Crippen molar-refractivity contribution in [2.75, 3.05) is 13.6 Å². The van der Waals surface area contributed by atoms with Gasteiger partial charge in [0.25, 0.3) is 0 Å². The topological polar surface area (TPSA) is 36.3 Å². The number of alkyl halides is 3. The van der Waals surface area contributed by atoms with E-state index in [9.17, 15) is 13.2 Å². The number of nitrogens with zero attached hydrogens (tertiary/aromatic N) is 1. The molecule has 1 N–H and O–H groups in total. The van der Waals surface area contributed by atoms with E-state index in [0.717, 1.165) is 29.2 Å². The Kier molecular flexibility index (Phi) is 6.18. The molecule has 0 unspecified atom stereocenters. The summed E-state index contributed by atoms with van der Waals surface area (Å²) < 4.78 is 44.6. The van der Waals surface area contributed by atoms with Crippen molar-refractivity contribution < 1.29 is 17.9 Å². The van der Waals surface area contributed by atoms with Gasteiger partial charge in [0.2, 0.25) is 0 Å². The van der Waals surface area contributed by atoms with Crippen LogP contribution in [0.25, 0.3) is 0 Å². The van der Waals surface area contributed by atoms with Crippen molar-refractivity contribution >= 4 is 17.9 Å². The van der Waals surface area contributed by atoms with Crippen LogP contribution < -0.4 is 4.74 Å². The van der Waals surface area contributed by atoms with Gasteiger partial charge < -0.3 is 9.64 Å². The maximum absolute atomic E-state index is 13.0. The summed E-state index contributed by atoms with van der Waals surface area (Å²) in [5.74, 6) is 0.586. The SMILES string of the molecule is Cc1cc(Oc2ccc(Cl)c(C(F)(F)F)c2)c(C)cc1CCN(C)C=N. The van der Waals surface area contributed by atoms with Gasteiger partial charge in [0.1, 0.15) is 11.5 Å². The van der Waals surface area contributed by atoms with Crippen LogP contribution in [-0.4, -0.2) is 24.8 Å². The lowest BCUT2D eigenvalue weighted by molar-refractivity contribution is -0.137. The molecule has 0 saturated carbocycles. The molecule has 0 aliphatic heterocycles. The number of halogens is 4. The minimum absolute atomic E-state index is 0.0838. The fourth-order valence-corrected chi connectivity index (χ4v) is 2.73. The lowest BCUT2D eigenvalue weighted by Crippen LogP contribution is -2.18. The number of nitrogens with one attached hydrogen (secondary N) is 1. The molecular formula is C19H20ClF3N2O. The zero-order valence-electron chi connectivity index (χ0n) is 14.7. The van der Waals surface area contributed by atoms with Crippen LogP contribution in [0.1, 0.15) is 22.3 Å². The van der Waals surface area contributed by atoms with Crippen LogP contribution in [0, 0.1) is 19.3 Å². The normalized spacial score (nSPS) is 11.3. The number of rotatable bonds is 6. The molecule has 0 bridgehead atoms. The first-order valence-electron chi connectivity index (χ1n) is 7.97. The summed E-state index contributed by atoms with van der Waals surface area (Å²) in [6, 6.07) is 7.28. The van der Waals surface area contributed by atoms with Crippen molar-refractivity contribution in [3.8, 4) is 11.5 Å². The number of likely N-dealkylation sites (N-methyl/N-ethyl adjacent to an activating group) is 1. The maximum atomic E-state index is 13.0. The van der Waals surface area contributed by atoms with Crippen molar-refractivity contribution in [1.82, 2.24) is 4.90 Å². The number of benzene rings is 2. The van der Waals surface area contributed by atoms with E-state index in [-0.39, 0.29) is 10.8 Å². The van der Waals surface area contributed by atoms with Crippen LogP contribution in [0.3, 0.4) is 0 Å². The second-order valence-corrected chi connectivity index (χ2v) is 6.55. The summed E-state index contributed by atoms with van der Waals surface area (Å²) in [7, 11) is 1.82. The van der Waals surface area contributed by atoms with E-state index in [1.165, 1.54) is 18.5 Å². The summed E-state index contributed by atoms with van der Waals surface area (Å²) in [6.07, 6.45) is -2.51. The molecule has 0 heterocycles. The molecule has 0 atom stereocenters. The van der Waals surface area contributed by atoms with E-state index < -0.39 is 11.7 Å². The third-order valence-electron chi connectivity index (χ3n) is 4.06. The summed E-state index contributed by atoms with van der Waals surface area (Å²) in [6.45, 7) is 4.48. The van der Waals surface area contributed by atoms with Crippen molar-refractivity contribution in [1.29, 1.82) is 5.41 Å². The van der Waals surface area contributed by atoms with Crippen LogP contribution in [0.15, 0.2) is 30.3 Å². The van der Waals surface area contributed by atoms with Crippen LogP contribution in [0.5, 0.6) is 11.5 Å². The van der Waals surface area contributed by atoms with E-state index in [1.54, 1.807) is 4.90 Å². The van der Waals surface area contributed by atoms with Gasteiger partial charge >= 0.3 is 6.18 Å². The number of hydrogen-bond donors (Lipinski definition) is 1. The smallest absolute Gasteiger partial charge is 0.417 e. The Hall–Kier alpha value is -2.21. The highest BCUT2D eigenvalue weighted by molar-refractivity contribution is 6.31. The Morgan fingerprint density at radius 2 is 1.85 bits per heavy atom. The highest BCUT2D eigenvalue weighted by Gasteiger charge is 2.33. The first-order valence-corrected chi connectivity index (χ1v) is 8.35. The lowest BCUT2D eigenvalue weighted by Gasteiger charge is -2.17. The Morgan fingerprint density at radius 3 is 2.46 bits per heavy atom. The van der Waals surface area contributed by atoms with Gasteiger partial charge in [-0.15, -0.1) is 0 Å². The van der Waals surface area contributed by atoms with Crippen LogP contribution in [0.4, 0.5) is 13.2 Å². The molecule has 2 rings (SSSR count). The van der Waals surface area contributed by atoms with E-state index in [4.69, 9.17) is 21.7 Å². The standard InChI is InChI=1S/C19H20ClF3N2O/c1-12-9-18(13(2)8-14(12)6-7-25(3)11-24)26-15-4-5-17(20)16(10-15)19(21,22)23/h4-5,8-11,24H,6-7H2,1-3H3. The third kappa shape index (κ3) is 4.91. The van der Waals surface area contributed by atoms with Gasteiger partial charge in [-0.1, -0.05) is 17.7 Å². The van der Waals surface area contributed by atoms with Crippen molar-refractivity contribution in [3.63, 3.8) is 0 Å². The van der Waals surface area contributed by atoms with Crippen molar-refractivity contribution in [2.45, 2.75) is 26.4 Å². The third-order valence-corrected chi connectivity index (χ3v) is 4.39. The van der Waals surface area contributed by atoms with Gasteiger partial charge in [0.05, 0.1) is 16.9 Å². The van der Waals surface area contributed by atoms with E-state index in [2.05, 4.69) is 0 Å². The van der Waals surface area contributed by atoms with Gasteiger partial charge in [-0.3, -0.25) is 5.41 Å². The Balaban J connectivity index is 2.25. The zero-order chi connectivity index (χ0) is 19.5. The summed E-state index contributed by atoms with van der Waals surface area (Å²) in [5, 5.41) is 6.84. The minimum atomic E-state index is -4.54. The lowest BCUT2D eigenvalue weighted by atomic mass is 10.0. The average Bonchev–Trinajstić information content (AvgIpc) is 2.56. The second kappa shape index (κ2) is 7.99. The fraction of sp³-hybridized carbons (Fsp3) is 0.316. The Labute approximate surface area is 155 Å². The van der Waals surface area contributed by atoms with Crippen molar-refractivity contribution in [3.05, 3.63) is 57.6 Å². The average molecular weight is 385 g/mol. The quantitative estimate of drug-likeness (QED) is 0.501. The van der Waals surface area contributed by atoms with Crippen molar-refractivity contribution in [2.24, 2.45) is 0 Å². The first kappa shape index (κ1) is 20.1. The molecule has 3 nitrogen and oxygen atoms in total. The Morgan fingerprint density at radius 1 is 1.15 bits per heavy atom. The maximum Gasteiger partial charge on any atom is 0.417 e. The van der Waals surface area contributed by atoms with Gasteiger partial charge in [0.15, 0.2) is 0 Å². The molecule has 0 saturated heterocycles. The second-order valence-electron chi connectivity index (χ2n) is 6.15.